The molecule has 4 rings (SSSR count). The first kappa shape index (κ1) is 13.7. The van der Waals surface area contributed by atoms with Crippen molar-refractivity contribution >= 4 is 0 Å². The molecule has 0 aromatic heterocycles. The Bertz CT molecular complexity index is 580. The summed E-state index contributed by atoms with van der Waals surface area (Å²) in [5.74, 6) is 2.63. The van der Waals surface area contributed by atoms with Crippen LogP contribution in [0.4, 0.5) is 0 Å². The number of benzene rings is 1. The van der Waals surface area contributed by atoms with Gasteiger partial charge in [0.25, 0.3) is 0 Å². The van der Waals surface area contributed by atoms with Crippen molar-refractivity contribution < 1.29 is 4.74 Å². The molecule has 1 fully saturated rings. The fraction of sp³-hybridized carbons (Fsp3) is 0.700. The first-order valence-corrected chi connectivity index (χ1v) is 8.75. The fourth-order valence-corrected chi connectivity index (χ4v) is 5.78. The van der Waals surface area contributed by atoms with E-state index in [4.69, 9.17) is 4.74 Å². The van der Waals surface area contributed by atoms with Gasteiger partial charge in [-0.1, -0.05) is 40.2 Å². The van der Waals surface area contributed by atoms with Gasteiger partial charge in [0.2, 0.25) is 0 Å². The van der Waals surface area contributed by atoms with Gasteiger partial charge in [-0.2, -0.15) is 0 Å². The summed E-state index contributed by atoms with van der Waals surface area (Å²) in [6, 6.07) is 4.58. The molecule has 1 saturated carbocycles. The average Bonchev–Trinajstić information content (AvgIpc) is 2.79. The fourth-order valence-electron chi connectivity index (χ4n) is 5.78. The zero-order valence-electron chi connectivity index (χ0n) is 14.0. The highest BCUT2D eigenvalue weighted by Gasteiger charge is 2.56. The van der Waals surface area contributed by atoms with Crippen molar-refractivity contribution in [1.82, 2.24) is 0 Å². The third kappa shape index (κ3) is 1.69. The van der Waals surface area contributed by atoms with Gasteiger partial charge in [0.15, 0.2) is 0 Å². The van der Waals surface area contributed by atoms with E-state index < -0.39 is 0 Å². The predicted molar refractivity (Wildman–Crippen MR) is 87.1 cm³/mol. The first-order chi connectivity index (χ1) is 9.96. The molecule has 0 bridgehead atoms. The highest BCUT2D eigenvalue weighted by atomic mass is 16.5. The maximum atomic E-state index is 6.21. The Morgan fingerprint density at radius 3 is 2.76 bits per heavy atom. The molecule has 0 amide bonds. The van der Waals surface area contributed by atoms with Crippen molar-refractivity contribution in [3.8, 4) is 5.75 Å². The van der Waals surface area contributed by atoms with Gasteiger partial charge in [-0.15, -0.1) is 0 Å². The predicted octanol–water partition coefficient (Wildman–Crippen LogP) is 5.21. The summed E-state index contributed by atoms with van der Waals surface area (Å²) in [7, 11) is 0. The second kappa shape index (κ2) is 4.27. The van der Waals surface area contributed by atoms with E-state index in [1.54, 1.807) is 16.7 Å². The Kier molecular flexibility index (Phi) is 2.78. The molecule has 1 aromatic carbocycles. The Balaban J connectivity index is 1.93. The van der Waals surface area contributed by atoms with Crippen LogP contribution in [0.25, 0.3) is 0 Å². The SMILES string of the molecule is CC(C)c1ccc2c3c1CC[C@@H]1C(C)(C)CCC[C@]31CO2. The summed E-state index contributed by atoms with van der Waals surface area (Å²) in [6.45, 7) is 10.6. The lowest BCUT2D eigenvalue weighted by atomic mass is 9.50. The molecule has 1 spiro atoms. The quantitative estimate of drug-likeness (QED) is 0.687. The average molecular weight is 284 g/mol. The smallest absolute Gasteiger partial charge is 0.123 e. The van der Waals surface area contributed by atoms with E-state index in [1.807, 2.05) is 0 Å². The van der Waals surface area contributed by atoms with Gasteiger partial charge in [-0.3, -0.25) is 0 Å². The monoisotopic (exact) mass is 284 g/mol. The van der Waals surface area contributed by atoms with Gasteiger partial charge < -0.3 is 4.74 Å². The maximum Gasteiger partial charge on any atom is 0.123 e. The van der Waals surface area contributed by atoms with Crippen LogP contribution in [0, 0.1) is 11.3 Å². The standard InChI is InChI=1S/C20H28O/c1-13(2)14-6-8-16-18-15(14)7-9-17-19(3,4)10-5-11-20(17,18)12-21-16/h6,8,13,17H,5,7,9-12H2,1-4H3/t17-,20-/m1/s1. The molecule has 0 radical (unpaired) electrons. The molecule has 0 unspecified atom stereocenters. The minimum Gasteiger partial charge on any atom is -0.492 e. The summed E-state index contributed by atoms with van der Waals surface area (Å²) in [5.41, 5.74) is 5.64. The lowest BCUT2D eigenvalue weighted by Gasteiger charge is -2.53. The molecule has 1 aliphatic heterocycles. The molecule has 0 N–H and O–H groups in total. The summed E-state index contributed by atoms with van der Waals surface area (Å²) < 4.78 is 6.21. The van der Waals surface area contributed by atoms with Crippen LogP contribution in [0.3, 0.4) is 0 Å². The van der Waals surface area contributed by atoms with E-state index in [1.165, 1.54) is 37.9 Å². The molecule has 2 atom stereocenters. The van der Waals surface area contributed by atoms with Crippen molar-refractivity contribution in [1.29, 1.82) is 0 Å². The number of ether oxygens (including phenoxy) is 1. The van der Waals surface area contributed by atoms with E-state index >= 15 is 0 Å². The molecule has 1 nitrogen and oxygen atoms in total. The Labute approximate surface area is 129 Å². The van der Waals surface area contributed by atoms with Crippen LogP contribution in [-0.2, 0) is 11.8 Å². The summed E-state index contributed by atoms with van der Waals surface area (Å²) in [5, 5.41) is 0. The van der Waals surface area contributed by atoms with Gasteiger partial charge >= 0.3 is 0 Å². The van der Waals surface area contributed by atoms with Gasteiger partial charge in [-0.05, 0) is 60.1 Å². The van der Waals surface area contributed by atoms with Crippen molar-refractivity contribution in [2.75, 3.05) is 6.61 Å². The summed E-state index contributed by atoms with van der Waals surface area (Å²) in [4.78, 5) is 0. The van der Waals surface area contributed by atoms with Gasteiger partial charge in [0.05, 0.1) is 6.61 Å². The minimum atomic E-state index is 0.329. The zero-order chi connectivity index (χ0) is 14.8. The third-order valence-electron chi connectivity index (χ3n) is 6.65. The third-order valence-corrected chi connectivity index (χ3v) is 6.65. The Morgan fingerprint density at radius 2 is 2.00 bits per heavy atom. The zero-order valence-corrected chi connectivity index (χ0v) is 14.0. The highest BCUT2D eigenvalue weighted by molar-refractivity contribution is 5.55. The van der Waals surface area contributed by atoms with Crippen LogP contribution in [0.2, 0.25) is 0 Å². The molecule has 1 aromatic rings. The molecular weight excluding hydrogens is 256 g/mol. The molecule has 114 valence electrons. The van der Waals surface area contributed by atoms with Gasteiger partial charge in [-0.25, -0.2) is 0 Å². The van der Waals surface area contributed by atoms with Crippen molar-refractivity contribution in [2.45, 2.75) is 71.1 Å². The van der Waals surface area contributed by atoms with E-state index in [2.05, 4.69) is 39.8 Å². The molecule has 1 heterocycles. The lowest BCUT2D eigenvalue weighted by molar-refractivity contribution is 0.0191. The summed E-state index contributed by atoms with van der Waals surface area (Å²) in [6.07, 6.45) is 6.69. The number of hydrogen-bond donors (Lipinski definition) is 0. The van der Waals surface area contributed by atoms with Gasteiger partial charge in [0, 0.05) is 11.0 Å². The minimum absolute atomic E-state index is 0.329. The van der Waals surface area contributed by atoms with Crippen LogP contribution < -0.4 is 4.74 Å². The number of rotatable bonds is 1. The van der Waals surface area contributed by atoms with Crippen LogP contribution in [0.1, 0.15) is 76.0 Å². The molecule has 3 aliphatic rings. The van der Waals surface area contributed by atoms with Crippen LogP contribution in [0.5, 0.6) is 5.75 Å². The molecule has 21 heavy (non-hydrogen) atoms. The Morgan fingerprint density at radius 1 is 1.19 bits per heavy atom. The molecule has 0 saturated heterocycles. The molecule has 2 aliphatic carbocycles. The van der Waals surface area contributed by atoms with Crippen molar-refractivity contribution in [3.63, 3.8) is 0 Å². The van der Waals surface area contributed by atoms with Gasteiger partial charge in [0.1, 0.15) is 5.75 Å². The summed E-state index contributed by atoms with van der Waals surface area (Å²) >= 11 is 0. The first-order valence-electron chi connectivity index (χ1n) is 8.75. The van der Waals surface area contributed by atoms with E-state index in [-0.39, 0.29) is 0 Å². The van der Waals surface area contributed by atoms with E-state index in [9.17, 15) is 0 Å². The molecule has 1 heteroatoms. The van der Waals surface area contributed by atoms with Crippen LogP contribution >= 0.6 is 0 Å². The second-order valence-corrected chi connectivity index (χ2v) is 8.54. The lowest BCUT2D eigenvalue weighted by Crippen LogP contribution is -2.50. The highest BCUT2D eigenvalue weighted by Crippen LogP contribution is 2.62. The van der Waals surface area contributed by atoms with Crippen LogP contribution in [0.15, 0.2) is 12.1 Å². The van der Waals surface area contributed by atoms with Crippen molar-refractivity contribution in [2.24, 2.45) is 11.3 Å². The maximum absolute atomic E-state index is 6.21. The molecular formula is C20H28O. The second-order valence-electron chi connectivity index (χ2n) is 8.54. The largest absolute Gasteiger partial charge is 0.492 e. The Hall–Kier alpha value is -0.980. The topological polar surface area (TPSA) is 9.23 Å². The normalized spacial score (nSPS) is 32.5. The van der Waals surface area contributed by atoms with Crippen LogP contribution in [-0.4, -0.2) is 6.61 Å². The van der Waals surface area contributed by atoms with Crippen molar-refractivity contribution in [3.05, 3.63) is 28.8 Å². The van der Waals surface area contributed by atoms with E-state index in [0.717, 1.165) is 12.5 Å². The number of hydrogen-bond acceptors (Lipinski definition) is 1. The van der Waals surface area contributed by atoms with E-state index in [0.29, 0.717) is 16.7 Å².